The van der Waals surface area contributed by atoms with Crippen molar-refractivity contribution < 1.29 is 9.90 Å². The van der Waals surface area contributed by atoms with Gasteiger partial charge >= 0.3 is 0 Å². The minimum absolute atomic E-state index is 0.0413. The summed E-state index contributed by atoms with van der Waals surface area (Å²) in [5.41, 5.74) is 2.48. The van der Waals surface area contributed by atoms with Gasteiger partial charge in [0.05, 0.1) is 12.1 Å². The molecule has 2 atom stereocenters. The average Bonchev–Trinajstić information content (AvgIpc) is 2.35. The van der Waals surface area contributed by atoms with Crippen LogP contribution in [0, 0.1) is 0 Å². The fraction of sp³-hybridized carbons (Fsp3) is 0.462. The van der Waals surface area contributed by atoms with Crippen molar-refractivity contribution in [2.75, 3.05) is 6.54 Å². The lowest BCUT2D eigenvalue weighted by atomic mass is 9.95. The van der Waals surface area contributed by atoms with Gasteiger partial charge in [-0.15, -0.1) is 0 Å². The Balaban J connectivity index is 1.95. The second kappa shape index (κ2) is 5.29. The standard InChI is InChI=1S/C13H18N2O2/c1-9(16)7-15-13(17)12-6-10-4-2-3-5-11(10)8-14-12/h2-5,9,12,14,16H,6-8H2,1H3,(H,15,17)/t9?,12-/m1/s1. The van der Waals surface area contributed by atoms with Crippen LogP contribution in [0.3, 0.4) is 0 Å². The van der Waals surface area contributed by atoms with Crippen molar-refractivity contribution in [1.29, 1.82) is 0 Å². The summed E-state index contributed by atoms with van der Waals surface area (Å²) >= 11 is 0. The van der Waals surface area contributed by atoms with Crippen molar-refractivity contribution in [3.8, 4) is 0 Å². The molecular weight excluding hydrogens is 216 g/mol. The first-order chi connectivity index (χ1) is 8.16. The van der Waals surface area contributed by atoms with Crippen LogP contribution in [0.25, 0.3) is 0 Å². The van der Waals surface area contributed by atoms with Gasteiger partial charge in [0, 0.05) is 13.1 Å². The van der Waals surface area contributed by atoms with Crippen molar-refractivity contribution >= 4 is 5.91 Å². The van der Waals surface area contributed by atoms with Gasteiger partial charge in [-0.1, -0.05) is 24.3 Å². The number of aliphatic hydroxyl groups excluding tert-OH is 1. The Morgan fingerprint density at radius 3 is 2.94 bits per heavy atom. The number of hydrogen-bond acceptors (Lipinski definition) is 3. The quantitative estimate of drug-likeness (QED) is 0.700. The molecule has 17 heavy (non-hydrogen) atoms. The first-order valence-electron chi connectivity index (χ1n) is 5.93. The van der Waals surface area contributed by atoms with Crippen molar-refractivity contribution in [3.05, 3.63) is 35.4 Å². The zero-order valence-corrected chi connectivity index (χ0v) is 9.94. The minimum atomic E-state index is -0.505. The molecule has 92 valence electrons. The van der Waals surface area contributed by atoms with E-state index in [1.165, 1.54) is 11.1 Å². The molecule has 1 aromatic carbocycles. The predicted molar refractivity (Wildman–Crippen MR) is 65.5 cm³/mol. The van der Waals surface area contributed by atoms with Crippen molar-refractivity contribution in [2.45, 2.75) is 32.0 Å². The third kappa shape index (κ3) is 3.05. The van der Waals surface area contributed by atoms with Gasteiger partial charge in [-0.25, -0.2) is 0 Å². The van der Waals surface area contributed by atoms with E-state index in [1.807, 2.05) is 12.1 Å². The summed E-state index contributed by atoms with van der Waals surface area (Å²) in [4.78, 5) is 11.8. The maximum Gasteiger partial charge on any atom is 0.237 e. The Labute approximate surface area is 101 Å². The van der Waals surface area contributed by atoms with Crippen LogP contribution in [0.2, 0.25) is 0 Å². The maximum absolute atomic E-state index is 11.8. The van der Waals surface area contributed by atoms with Gasteiger partial charge < -0.3 is 15.7 Å². The Morgan fingerprint density at radius 1 is 1.53 bits per heavy atom. The molecule has 1 aliphatic heterocycles. The van der Waals surface area contributed by atoms with Crippen LogP contribution >= 0.6 is 0 Å². The third-order valence-electron chi connectivity index (χ3n) is 2.97. The minimum Gasteiger partial charge on any atom is -0.392 e. The summed E-state index contributed by atoms with van der Waals surface area (Å²) in [5, 5.41) is 15.1. The van der Waals surface area contributed by atoms with Crippen LogP contribution < -0.4 is 10.6 Å². The first kappa shape index (κ1) is 12.1. The van der Waals surface area contributed by atoms with Crippen LogP contribution in [0.1, 0.15) is 18.1 Å². The van der Waals surface area contributed by atoms with E-state index in [0.717, 1.165) is 6.54 Å². The molecular formula is C13H18N2O2. The highest BCUT2D eigenvalue weighted by atomic mass is 16.3. The molecule has 1 unspecified atom stereocenters. The number of fused-ring (bicyclic) bond motifs is 1. The SMILES string of the molecule is CC(O)CNC(=O)[C@H]1Cc2ccccc2CN1. The Morgan fingerprint density at radius 2 is 2.24 bits per heavy atom. The number of carbonyl (C=O) groups is 1. The lowest BCUT2D eigenvalue weighted by Gasteiger charge is -2.25. The van der Waals surface area contributed by atoms with Gasteiger partial charge in [0.1, 0.15) is 0 Å². The van der Waals surface area contributed by atoms with Gasteiger partial charge in [0.15, 0.2) is 0 Å². The first-order valence-corrected chi connectivity index (χ1v) is 5.93. The molecule has 0 radical (unpaired) electrons. The molecule has 1 amide bonds. The Kier molecular flexibility index (Phi) is 3.76. The molecule has 0 fully saturated rings. The number of hydrogen-bond donors (Lipinski definition) is 3. The van der Waals surface area contributed by atoms with E-state index >= 15 is 0 Å². The molecule has 4 nitrogen and oxygen atoms in total. The van der Waals surface area contributed by atoms with Crippen molar-refractivity contribution in [3.63, 3.8) is 0 Å². The number of benzene rings is 1. The van der Waals surface area contributed by atoms with E-state index in [0.29, 0.717) is 13.0 Å². The molecule has 0 aromatic heterocycles. The maximum atomic E-state index is 11.8. The van der Waals surface area contributed by atoms with Crippen LogP contribution in [-0.2, 0) is 17.8 Å². The lowest BCUT2D eigenvalue weighted by Crippen LogP contribution is -2.48. The highest BCUT2D eigenvalue weighted by Gasteiger charge is 2.23. The molecule has 0 aliphatic carbocycles. The smallest absolute Gasteiger partial charge is 0.237 e. The monoisotopic (exact) mass is 234 g/mol. The van der Waals surface area contributed by atoms with Crippen molar-refractivity contribution in [2.24, 2.45) is 0 Å². The van der Waals surface area contributed by atoms with Gasteiger partial charge in [-0.3, -0.25) is 4.79 Å². The van der Waals surface area contributed by atoms with Gasteiger partial charge in [0.25, 0.3) is 0 Å². The number of aliphatic hydroxyl groups is 1. The van der Waals surface area contributed by atoms with Crippen LogP contribution in [0.4, 0.5) is 0 Å². The number of nitrogens with one attached hydrogen (secondary N) is 2. The zero-order valence-electron chi connectivity index (χ0n) is 9.94. The summed E-state index contributed by atoms with van der Waals surface area (Å²) in [6.45, 7) is 2.69. The molecule has 0 saturated heterocycles. The fourth-order valence-corrected chi connectivity index (χ4v) is 2.01. The molecule has 3 N–H and O–H groups in total. The average molecular weight is 234 g/mol. The Hall–Kier alpha value is -1.39. The van der Waals surface area contributed by atoms with Gasteiger partial charge in [-0.05, 0) is 24.5 Å². The van der Waals surface area contributed by atoms with E-state index < -0.39 is 6.10 Å². The Bertz CT molecular complexity index is 404. The number of carbonyl (C=O) groups excluding carboxylic acids is 1. The molecule has 1 aromatic rings. The number of amides is 1. The molecule has 2 rings (SSSR count). The molecule has 0 saturated carbocycles. The predicted octanol–water partition coefficient (Wildman–Crippen LogP) is 0.198. The third-order valence-corrected chi connectivity index (χ3v) is 2.97. The van der Waals surface area contributed by atoms with Crippen molar-refractivity contribution in [1.82, 2.24) is 10.6 Å². The summed E-state index contributed by atoms with van der Waals surface area (Å²) in [6, 6.07) is 7.95. The summed E-state index contributed by atoms with van der Waals surface area (Å²) in [6.07, 6.45) is 0.205. The normalized spacial score (nSPS) is 20.5. The van der Waals surface area contributed by atoms with Gasteiger partial charge in [-0.2, -0.15) is 0 Å². The molecule has 0 bridgehead atoms. The van der Waals surface area contributed by atoms with E-state index in [9.17, 15) is 4.79 Å². The van der Waals surface area contributed by atoms with Crippen LogP contribution in [0.15, 0.2) is 24.3 Å². The molecule has 1 aliphatic rings. The van der Waals surface area contributed by atoms with Crippen LogP contribution in [-0.4, -0.2) is 29.7 Å². The molecule has 0 spiro atoms. The molecule has 4 heteroatoms. The summed E-state index contributed by atoms with van der Waals surface area (Å²) in [5.74, 6) is -0.0413. The van der Waals surface area contributed by atoms with E-state index in [4.69, 9.17) is 5.11 Å². The summed E-state index contributed by atoms with van der Waals surface area (Å²) in [7, 11) is 0. The zero-order chi connectivity index (χ0) is 12.3. The largest absolute Gasteiger partial charge is 0.392 e. The van der Waals surface area contributed by atoms with E-state index in [-0.39, 0.29) is 11.9 Å². The number of rotatable bonds is 3. The second-order valence-corrected chi connectivity index (χ2v) is 4.50. The highest BCUT2D eigenvalue weighted by Crippen LogP contribution is 2.16. The fourth-order valence-electron chi connectivity index (χ4n) is 2.01. The topological polar surface area (TPSA) is 61.4 Å². The lowest BCUT2D eigenvalue weighted by molar-refractivity contribution is -0.123. The summed E-state index contributed by atoms with van der Waals surface area (Å²) < 4.78 is 0. The van der Waals surface area contributed by atoms with E-state index in [2.05, 4.69) is 22.8 Å². The highest BCUT2D eigenvalue weighted by molar-refractivity contribution is 5.82. The molecule has 1 heterocycles. The van der Waals surface area contributed by atoms with Crippen LogP contribution in [0.5, 0.6) is 0 Å². The van der Waals surface area contributed by atoms with E-state index in [1.54, 1.807) is 6.92 Å². The van der Waals surface area contributed by atoms with Gasteiger partial charge in [0.2, 0.25) is 5.91 Å². The second-order valence-electron chi connectivity index (χ2n) is 4.50.